The van der Waals surface area contributed by atoms with Crippen molar-refractivity contribution in [2.24, 2.45) is 0 Å². The molecule has 0 aromatic heterocycles. The maximum Gasteiger partial charge on any atom is 0.228 e. The third-order valence-corrected chi connectivity index (χ3v) is 4.50. The van der Waals surface area contributed by atoms with Gasteiger partial charge in [-0.05, 0) is 36.2 Å². The first-order chi connectivity index (χ1) is 11.6. The predicted octanol–water partition coefficient (Wildman–Crippen LogP) is 3.67. The van der Waals surface area contributed by atoms with Crippen molar-refractivity contribution in [3.05, 3.63) is 58.6 Å². The van der Waals surface area contributed by atoms with Gasteiger partial charge in [-0.2, -0.15) is 0 Å². The Labute approximate surface area is 147 Å². The van der Waals surface area contributed by atoms with Gasteiger partial charge in [0.1, 0.15) is 0 Å². The topological polar surface area (TPSA) is 41.6 Å². The molecule has 24 heavy (non-hydrogen) atoms. The minimum atomic E-state index is -0.0421. The Balaban J connectivity index is 1.66. The zero-order chi connectivity index (χ0) is 16.9. The van der Waals surface area contributed by atoms with E-state index < -0.39 is 0 Å². The zero-order valence-corrected chi connectivity index (χ0v) is 14.5. The van der Waals surface area contributed by atoms with Crippen LogP contribution in [0.4, 0.5) is 11.4 Å². The van der Waals surface area contributed by atoms with Gasteiger partial charge in [0, 0.05) is 18.8 Å². The van der Waals surface area contributed by atoms with Gasteiger partial charge in [0.05, 0.1) is 30.3 Å². The maximum absolute atomic E-state index is 12.3. The minimum absolute atomic E-state index is 0.0421. The van der Waals surface area contributed by atoms with Crippen molar-refractivity contribution >= 4 is 28.9 Å². The fraction of sp³-hybridized carbons (Fsp3) is 0.316. The van der Waals surface area contributed by atoms with Gasteiger partial charge in [-0.1, -0.05) is 35.9 Å². The second kappa shape index (κ2) is 7.69. The smallest absolute Gasteiger partial charge is 0.228 e. The van der Waals surface area contributed by atoms with E-state index >= 15 is 0 Å². The first-order valence-corrected chi connectivity index (χ1v) is 8.48. The summed E-state index contributed by atoms with van der Waals surface area (Å²) in [5.41, 5.74) is 3.85. The molecule has 1 saturated heterocycles. The van der Waals surface area contributed by atoms with Crippen LogP contribution in [-0.2, 0) is 16.0 Å². The van der Waals surface area contributed by atoms with Gasteiger partial charge in [-0.3, -0.25) is 4.79 Å². The second-order valence-corrected chi connectivity index (χ2v) is 6.32. The Bertz CT molecular complexity index is 727. The predicted molar refractivity (Wildman–Crippen MR) is 98.0 cm³/mol. The normalized spacial score (nSPS) is 14.5. The Hall–Kier alpha value is -2.04. The molecule has 5 heteroatoms. The van der Waals surface area contributed by atoms with E-state index in [4.69, 9.17) is 16.3 Å². The fourth-order valence-corrected chi connectivity index (χ4v) is 3.13. The highest BCUT2D eigenvalue weighted by atomic mass is 35.5. The average molecular weight is 345 g/mol. The number of aryl methyl sites for hydroxylation is 1. The van der Waals surface area contributed by atoms with Crippen LogP contribution in [0.25, 0.3) is 0 Å². The lowest BCUT2D eigenvalue weighted by Gasteiger charge is -2.29. The Morgan fingerprint density at radius 2 is 1.96 bits per heavy atom. The number of benzene rings is 2. The van der Waals surface area contributed by atoms with E-state index in [-0.39, 0.29) is 5.91 Å². The molecular formula is C19H21ClN2O2. The van der Waals surface area contributed by atoms with E-state index in [1.165, 1.54) is 0 Å². The van der Waals surface area contributed by atoms with Gasteiger partial charge in [0.2, 0.25) is 5.91 Å². The highest BCUT2D eigenvalue weighted by molar-refractivity contribution is 6.33. The van der Waals surface area contributed by atoms with E-state index in [1.54, 1.807) is 0 Å². The number of carbonyl (C=O) groups is 1. The van der Waals surface area contributed by atoms with E-state index in [0.29, 0.717) is 24.7 Å². The summed E-state index contributed by atoms with van der Waals surface area (Å²) in [5, 5.41) is 3.57. The Morgan fingerprint density at radius 1 is 1.21 bits per heavy atom. The molecule has 1 heterocycles. The molecule has 0 bridgehead atoms. The highest BCUT2D eigenvalue weighted by Crippen LogP contribution is 2.29. The molecule has 2 aromatic rings. The summed E-state index contributed by atoms with van der Waals surface area (Å²) in [6, 6.07) is 13.6. The summed E-state index contributed by atoms with van der Waals surface area (Å²) in [6.07, 6.45) is 0.357. The number of ether oxygens (including phenoxy) is 1. The first-order valence-electron chi connectivity index (χ1n) is 8.10. The van der Waals surface area contributed by atoms with E-state index in [1.807, 2.05) is 49.4 Å². The van der Waals surface area contributed by atoms with Crippen LogP contribution in [0.15, 0.2) is 42.5 Å². The maximum atomic E-state index is 12.3. The average Bonchev–Trinajstić information content (AvgIpc) is 2.58. The van der Waals surface area contributed by atoms with Crippen LogP contribution in [0.3, 0.4) is 0 Å². The number of carbonyl (C=O) groups excluding carboxylic acids is 1. The number of nitrogens with one attached hydrogen (secondary N) is 1. The summed E-state index contributed by atoms with van der Waals surface area (Å²) >= 11 is 6.40. The molecule has 1 aliphatic heterocycles. The lowest BCUT2D eigenvalue weighted by Crippen LogP contribution is -2.36. The van der Waals surface area contributed by atoms with Crippen LogP contribution in [0, 0.1) is 6.92 Å². The lowest BCUT2D eigenvalue weighted by atomic mass is 10.1. The molecule has 0 radical (unpaired) electrons. The van der Waals surface area contributed by atoms with Gasteiger partial charge in [-0.15, -0.1) is 0 Å². The summed E-state index contributed by atoms with van der Waals surface area (Å²) in [7, 11) is 0. The van der Waals surface area contributed by atoms with Crippen LogP contribution in [0.1, 0.15) is 11.1 Å². The third-order valence-electron chi connectivity index (χ3n) is 4.20. The SMILES string of the molecule is Cc1ccccc1CC(=O)Nc1ccc(N2CCOCC2)c(Cl)c1. The number of amides is 1. The number of nitrogens with zero attached hydrogens (tertiary/aromatic N) is 1. The third kappa shape index (κ3) is 4.08. The van der Waals surface area contributed by atoms with Gasteiger partial charge < -0.3 is 15.0 Å². The van der Waals surface area contributed by atoms with Gasteiger partial charge in [0.15, 0.2) is 0 Å². The van der Waals surface area contributed by atoms with Crippen molar-refractivity contribution in [2.75, 3.05) is 36.5 Å². The van der Waals surface area contributed by atoms with E-state index in [2.05, 4.69) is 10.2 Å². The molecule has 4 nitrogen and oxygen atoms in total. The molecule has 1 N–H and O–H groups in total. The Morgan fingerprint density at radius 3 is 2.67 bits per heavy atom. The van der Waals surface area contributed by atoms with Crippen molar-refractivity contribution in [1.82, 2.24) is 0 Å². The number of halogens is 1. The Kier molecular flexibility index (Phi) is 5.38. The first kappa shape index (κ1) is 16.8. The second-order valence-electron chi connectivity index (χ2n) is 5.92. The van der Waals surface area contributed by atoms with Crippen molar-refractivity contribution in [2.45, 2.75) is 13.3 Å². The monoisotopic (exact) mass is 344 g/mol. The van der Waals surface area contributed by atoms with Crippen LogP contribution in [0.2, 0.25) is 5.02 Å². The molecule has 2 aromatic carbocycles. The molecule has 126 valence electrons. The van der Waals surface area contributed by atoms with Crippen LogP contribution >= 0.6 is 11.6 Å². The molecular weight excluding hydrogens is 324 g/mol. The molecule has 0 atom stereocenters. The number of anilines is 2. The minimum Gasteiger partial charge on any atom is -0.378 e. The fourth-order valence-electron chi connectivity index (χ4n) is 2.83. The van der Waals surface area contributed by atoms with Gasteiger partial charge in [-0.25, -0.2) is 0 Å². The molecule has 1 aliphatic rings. The summed E-state index contributed by atoms with van der Waals surface area (Å²) < 4.78 is 5.36. The van der Waals surface area contributed by atoms with Crippen molar-refractivity contribution < 1.29 is 9.53 Å². The standard InChI is InChI=1S/C19H21ClN2O2/c1-14-4-2-3-5-15(14)12-19(23)21-16-6-7-18(17(20)13-16)22-8-10-24-11-9-22/h2-7,13H,8-12H2,1H3,(H,21,23). The zero-order valence-electron chi connectivity index (χ0n) is 13.7. The number of rotatable bonds is 4. The van der Waals surface area contributed by atoms with Gasteiger partial charge >= 0.3 is 0 Å². The lowest BCUT2D eigenvalue weighted by molar-refractivity contribution is -0.115. The highest BCUT2D eigenvalue weighted by Gasteiger charge is 2.15. The summed E-state index contributed by atoms with van der Waals surface area (Å²) in [5.74, 6) is -0.0421. The molecule has 3 rings (SSSR count). The number of morpholine rings is 1. The van der Waals surface area contributed by atoms with Crippen LogP contribution in [-0.4, -0.2) is 32.2 Å². The molecule has 1 fully saturated rings. The molecule has 0 unspecified atom stereocenters. The molecule has 0 saturated carbocycles. The summed E-state index contributed by atoms with van der Waals surface area (Å²) in [6.45, 7) is 5.10. The number of hydrogen-bond donors (Lipinski definition) is 1. The van der Waals surface area contributed by atoms with Crippen LogP contribution < -0.4 is 10.2 Å². The largest absolute Gasteiger partial charge is 0.378 e. The van der Waals surface area contributed by atoms with Crippen molar-refractivity contribution in [1.29, 1.82) is 0 Å². The van der Waals surface area contributed by atoms with Crippen LogP contribution in [0.5, 0.6) is 0 Å². The van der Waals surface area contributed by atoms with E-state index in [9.17, 15) is 4.79 Å². The number of hydrogen-bond acceptors (Lipinski definition) is 3. The molecule has 1 amide bonds. The quantitative estimate of drug-likeness (QED) is 0.920. The van der Waals surface area contributed by atoms with E-state index in [0.717, 1.165) is 35.6 Å². The van der Waals surface area contributed by atoms with Crippen molar-refractivity contribution in [3.8, 4) is 0 Å². The van der Waals surface area contributed by atoms with Crippen molar-refractivity contribution in [3.63, 3.8) is 0 Å². The molecule has 0 aliphatic carbocycles. The van der Waals surface area contributed by atoms with Gasteiger partial charge in [0.25, 0.3) is 0 Å². The summed E-state index contributed by atoms with van der Waals surface area (Å²) in [4.78, 5) is 14.5. The molecule has 0 spiro atoms.